The summed E-state index contributed by atoms with van der Waals surface area (Å²) in [6, 6.07) is 15.8. The van der Waals surface area contributed by atoms with Crippen LogP contribution in [-0.2, 0) is 0 Å². The predicted molar refractivity (Wildman–Crippen MR) is 126 cm³/mol. The minimum atomic E-state index is -0.136. The van der Waals surface area contributed by atoms with Gasteiger partial charge in [0.2, 0.25) is 0 Å². The highest BCUT2D eigenvalue weighted by Crippen LogP contribution is 2.45. The Bertz CT molecular complexity index is 1250. The van der Waals surface area contributed by atoms with Crippen molar-refractivity contribution in [3.63, 3.8) is 0 Å². The van der Waals surface area contributed by atoms with Crippen LogP contribution in [0.5, 0.6) is 5.75 Å². The van der Waals surface area contributed by atoms with Crippen molar-refractivity contribution >= 4 is 23.0 Å². The lowest BCUT2D eigenvalue weighted by Gasteiger charge is -2.29. The largest absolute Gasteiger partial charge is 0.495 e. The van der Waals surface area contributed by atoms with Crippen LogP contribution >= 0.6 is 12.2 Å². The van der Waals surface area contributed by atoms with Gasteiger partial charge in [0, 0.05) is 23.1 Å². The molecule has 0 aliphatic carbocycles. The van der Waals surface area contributed by atoms with Crippen LogP contribution < -0.4 is 15.0 Å². The molecule has 1 aromatic carbocycles. The van der Waals surface area contributed by atoms with Crippen molar-refractivity contribution in [3.8, 4) is 5.75 Å². The Morgan fingerprint density at radius 2 is 1.78 bits per heavy atom. The van der Waals surface area contributed by atoms with Crippen LogP contribution in [0.1, 0.15) is 34.7 Å². The number of aromatic nitrogens is 5. The van der Waals surface area contributed by atoms with Crippen molar-refractivity contribution in [2.45, 2.75) is 25.9 Å². The van der Waals surface area contributed by atoms with Gasteiger partial charge >= 0.3 is 0 Å². The monoisotopic (exact) mass is 445 g/mol. The number of methoxy groups -OCH3 is 1. The first kappa shape index (κ1) is 20.2. The number of hydrogen-bond donors (Lipinski definition) is 1. The molecule has 32 heavy (non-hydrogen) atoms. The quantitative estimate of drug-likeness (QED) is 0.471. The molecule has 0 saturated carbocycles. The predicted octanol–water partition coefficient (Wildman–Crippen LogP) is 3.59. The SMILES string of the molecule is COc1ccccc1N1C(=S)N[C@H](c2ccccn2)[C@@H]1c1cc(C)n(-n2cnnc2)c1C. The number of aryl methyl sites for hydroxylation is 1. The van der Waals surface area contributed by atoms with Crippen LogP contribution in [0.25, 0.3) is 0 Å². The summed E-state index contributed by atoms with van der Waals surface area (Å²) in [5.74, 6) is 0.760. The third kappa shape index (κ3) is 3.21. The highest BCUT2D eigenvalue weighted by molar-refractivity contribution is 7.80. The zero-order valence-corrected chi connectivity index (χ0v) is 18.8. The van der Waals surface area contributed by atoms with Gasteiger partial charge in [-0.1, -0.05) is 18.2 Å². The molecule has 162 valence electrons. The van der Waals surface area contributed by atoms with Gasteiger partial charge in [-0.2, -0.15) is 0 Å². The van der Waals surface area contributed by atoms with E-state index in [2.05, 4.69) is 50.0 Å². The molecule has 0 unspecified atom stereocenters. The van der Waals surface area contributed by atoms with E-state index in [1.165, 1.54) is 0 Å². The molecule has 1 aliphatic heterocycles. The van der Waals surface area contributed by atoms with E-state index in [4.69, 9.17) is 17.0 Å². The van der Waals surface area contributed by atoms with Gasteiger partial charge in [0.15, 0.2) is 5.11 Å². The fourth-order valence-electron chi connectivity index (χ4n) is 4.49. The highest BCUT2D eigenvalue weighted by atomic mass is 32.1. The van der Waals surface area contributed by atoms with Gasteiger partial charge in [-0.15, -0.1) is 10.2 Å². The summed E-state index contributed by atoms with van der Waals surface area (Å²) in [5.41, 5.74) is 5.09. The number of ether oxygens (including phenoxy) is 1. The molecule has 1 saturated heterocycles. The Labute approximate surface area is 191 Å². The maximum atomic E-state index is 5.85. The van der Waals surface area contributed by atoms with Crippen molar-refractivity contribution in [1.82, 2.24) is 29.9 Å². The fraction of sp³-hybridized carbons (Fsp3) is 0.217. The first-order valence-corrected chi connectivity index (χ1v) is 10.7. The van der Waals surface area contributed by atoms with Gasteiger partial charge in [0.1, 0.15) is 18.4 Å². The zero-order valence-electron chi connectivity index (χ0n) is 18.0. The molecule has 2 atom stereocenters. The molecule has 5 rings (SSSR count). The number of anilines is 1. The van der Waals surface area contributed by atoms with E-state index in [1.807, 2.05) is 53.3 Å². The third-order valence-corrected chi connectivity index (χ3v) is 6.15. The van der Waals surface area contributed by atoms with Crippen LogP contribution in [-0.4, -0.2) is 36.8 Å². The van der Waals surface area contributed by atoms with E-state index in [0.717, 1.165) is 34.1 Å². The van der Waals surface area contributed by atoms with Crippen molar-refractivity contribution in [2.24, 2.45) is 0 Å². The smallest absolute Gasteiger partial charge is 0.174 e. The maximum absolute atomic E-state index is 5.85. The Kier molecular flexibility index (Phi) is 5.10. The van der Waals surface area contributed by atoms with Crippen LogP contribution in [0.4, 0.5) is 5.69 Å². The average molecular weight is 446 g/mol. The zero-order chi connectivity index (χ0) is 22.2. The molecule has 0 spiro atoms. The summed E-state index contributed by atoms with van der Waals surface area (Å²) in [6.07, 6.45) is 5.19. The summed E-state index contributed by atoms with van der Waals surface area (Å²) < 4.78 is 9.64. The molecule has 0 amide bonds. The van der Waals surface area contributed by atoms with Gasteiger partial charge in [-0.05, 0) is 56.4 Å². The lowest BCUT2D eigenvalue weighted by molar-refractivity contribution is 0.414. The third-order valence-electron chi connectivity index (χ3n) is 5.83. The first-order valence-electron chi connectivity index (χ1n) is 10.3. The van der Waals surface area contributed by atoms with E-state index in [1.54, 1.807) is 19.8 Å². The lowest BCUT2D eigenvalue weighted by Crippen LogP contribution is -2.30. The summed E-state index contributed by atoms with van der Waals surface area (Å²) in [6.45, 7) is 4.17. The van der Waals surface area contributed by atoms with E-state index in [9.17, 15) is 0 Å². The molecule has 9 heteroatoms. The fourth-order valence-corrected chi connectivity index (χ4v) is 4.83. The number of pyridine rings is 1. The second-order valence-corrected chi connectivity index (χ2v) is 8.04. The van der Waals surface area contributed by atoms with Crippen LogP contribution in [0.3, 0.4) is 0 Å². The van der Waals surface area contributed by atoms with Gasteiger partial charge < -0.3 is 15.0 Å². The molecule has 4 heterocycles. The van der Waals surface area contributed by atoms with Crippen LogP contribution in [0.15, 0.2) is 67.4 Å². The second-order valence-electron chi connectivity index (χ2n) is 7.65. The Hall–Kier alpha value is -3.72. The molecule has 0 bridgehead atoms. The number of nitrogens with one attached hydrogen (secondary N) is 1. The minimum Gasteiger partial charge on any atom is -0.495 e. The number of rotatable bonds is 5. The minimum absolute atomic E-state index is 0.134. The number of benzene rings is 1. The summed E-state index contributed by atoms with van der Waals surface area (Å²) in [4.78, 5) is 6.77. The van der Waals surface area contributed by atoms with Gasteiger partial charge in [-0.25, -0.2) is 4.68 Å². The van der Waals surface area contributed by atoms with Gasteiger partial charge in [0.05, 0.1) is 30.6 Å². The topological polar surface area (TPSA) is 73.0 Å². The summed E-state index contributed by atoms with van der Waals surface area (Å²) in [5, 5.41) is 12.1. The van der Waals surface area contributed by atoms with Gasteiger partial charge in [0.25, 0.3) is 0 Å². The molecule has 0 radical (unpaired) electrons. The maximum Gasteiger partial charge on any atom is 0.174 e. The molecule has 1 N–H and O–H groups in total. The van der Waals surface area contributed by atoms with Crippen molar-refractivity contribution in [1.29, 1.82) is 0 Å². The van der Waals surface area contributed by atoms with Crippen molar-refractivity contribution in [3.05, 3.63) is 90.0 Å². The molecular formula is C23H23N7OS. The van der Waals surface area contributed by atoms with E-state index < -0.39 is 0 Å². The summed E-state index contributed by atoms with van der Waals surface area (Å²) >= 11 is 5.85. The molecular weight excluding hydrogens is 422 g/mol. The van der Waals surface area contributed by atoms with Gasteiger partial charge in [-0.3, -0.25) is 9.66 Å². The van der Waals surface area contributed by atoms with Crippen LogP contribution in [0, 0.1) is 13.8 Å². The van der Waals surface area contributed by atoms with Crippen LogP contribution in [0.2, 0.25) is 0 Å². The Balaban J connectivity index is 1.71. The number of para-hydroxylation sites is 2. The van der Waals surface area contributed by atoms with E-state index in [0.29, 0.717) is 5.11 Å². The molecule has 3 aromatic heterocycles. The van der Waals surface area contributed by atoms with E-state index >= 15 is 0 Å². The lowest BCUT2D eigenvalue weighted by atomic mass is 9.96. The molecule has 1 aliphatic rings. The van der Waals surface area contributed by atoms with E-state index in [-0.39, 0.29) is 12.1 Å². The molecule has 8 nitrogen and oxygen atoms in total. The Morgan fingerprint density at radius 1 is 1.03 bits per heavy atom. The average Bonchev–Trinajstić information content (AvgIpc) is 3.52. The van der Waals surface area contributed by atoms with Crippen molar-refractivity contribution < 1.29 is 4.74 Å². The number of nitrogens with zero attached hydrogens (tertiary/aromatic N) is 6. The number of thiocarbonyl (C=S) groups is 1. The molecule has 1 fully saturated rings. The summed E-state index contributed by atoms with van der Waals surface area (Å²) in [7, 11) is 1.68. The first-order chi connectivity index (χ1) is 15.6. The highest BCUT2D eigenvalue weighted by Gasteiger charge is 2.43. The second kappa shape index (κ2) is 8.08. The molecule has 4 aromatic rings. The van der Waals surface area contributed by atoms with Crippen molar-refractivity contribution in [2.75, 3.05) is 12.0 Å². The Morgan fingerprint density at radius 3 is 2.50 bits per heavy atom. The normalized spacial score (nSPS) is 18.1. The number of hydrogen-bond acceptors (Lipinski definition) is 5. The standard InChI is InChI=1S/C23H23N7OS/c1-15-12-17(16(2)30(15)28-13-25-26-14-28)22-21(18-8-6-7-11-24-18)27-23(32)29(22)19-9-4-5-10-20(19)31-3/h4-14,21-22H,1-3H3,(H,27,32)/t21-,22+/m1/s1.